The van der Waals surface area contributed by atoms with Crippen LogP contribution in [0.3, 0.4) is 0 Å². The molecule has 0 bridgehead atoms. The molecule has 1 N–H and O–H groups in total. The van der Waals surface area contributed by atoms with Crippen molar-refractivity contribution in [2.24, 2.45) is 0 Å². The summed E-state index contributed by atoms with van der Waals surface area (Å²) in [6.07, 6.45) is 0.989. The summed E-state index contributed by atoms with van der Waals surface area (Å²) in [5, 5.41) is 3.48. The quantitative estimate of drug-likeness (QED) is 0.567. The zero-order chi connectivity index (χ0) is 18.4. The minimum atomic E-state index is 0.713. The van der Waals surface area contributed by atoms with Crippen molar-refractivity contribution in [3.05, 3.63) is 50.9 Å². The SMILES string of the molecule is CCCOc1c(Br)cc(CNc2ccc(N3CCOCC3)cc2)cc1Br. The van der Waals surface area contributed by atoms with Crippen LogP contribution in [-0.4, -0.2) is 32.9 Å². The van der Waals surface area contributed by atoms with Crippen molar-refractivity contribution in [2.45, 2.75) is 19.9 Å². The molecule has 140 valence electrons. The van der Waals surface area contributed by atoms with Crippen LogP contribution in [0.25, 0.3) is 0 Å². The Kier molecular flexibility index (Phi) is 7.23. The van der Waals surface area contributed by atoms with Gasteiger partial charge in [-0.15, -0.1) is 0 Å². The number of hydrogen-bond acceptors (Lipinski definition) is 4. The number of hydrogen-bond donors (Lipinski definition) is 1. The van der Waals surface area contributed by atoms with Crippen LogP contribution in [-0.2, 0) is 11.3 Å². The van der Waals surface area contributed by atoms with Crippen molar-refractivity contribution in [3.63, 3.8) is 0 Å². The van der Waals surface area contributed by atoms with Crippen LogP contribution in [0, 0.1) is 0 Å². The van der Waals surface area contributed by atoms with Gasteiger partial charge in [-0.2, -0.15) is 0 Å². The van der Waals surface area contributed by atoms with Gasteiger partial charge in [0, 0.05) is 31.0 Å². The second kappa shape index (κ2) is 9.62. The zero-order valence-electron chi connectivity index (χ0n) is 14.9. The highest BCUT2D eigenvalue weighted by atomic mass is 79.9. The normalized spacial score (nSPS) is 14.3. The summed E-state index contributed by atoms with van der Waals surface area (Å²) >= 11 is 7.22. The van der Waals surface area contributed by atoms with Gasteiger partial charge in [0.05, 0.1) is 28.8 Å². The van der Waals surface area contributed by atoms with E-state index in [9.17, 15) is 0 Å². The van der Waals surface area contributed by atoms with Crippen molar-refractivity contribution in [2.75, 3.05) is 43.1 Å². The molecule has 0 aromatic heterocycles. The summed E-state index contributed by atoms with van der Waals surface area (Å²) in [5.74, 6) is 0.866. The molecule has 4 nitrogen and oxygen atoms in total. The maximum Gasteiger partial charge on any atom is 0.147 e. The van der Waals surface area contributed by atoms with Gasteiger partial charge >= 0.3 is 0 Å². The Morgan fingerprint density at radius 3 is 2.35 bits per heavy atom. The first kappa shape index (κ1) is 19.5. The van der Waals surface area contributed by atoms with Gasteiger partial charge in [-0.3, -0.25) is 0 Å². The lowest BCUT2D eigenvalue weighted by atomic mass is 10.2. The molecule has 0 saturated carbocycles. The highest BCUT2D eigenvalue weighted by molar-refractivity contribution is 9.11. The molecule has 26 heavy (non-hydrogen) atoms. The molecule has 3 rings (SSSR count). The third-order valence-electron chi connectivity index (χ3n) is 4.25. The predicted molar refractivity (Wildman–Crippen MR) is 114 cm³/mol. The van der Waals surface area contributed by atoms with E-state index in [0.717, 1.165) is 59.7 Å². The van der Waals surface area contributed by atoms with Gasteiger partial charge in [0.1, 0.15) is 5.75 Å². The fourth-order valence-electron chi connectivity index (χ4n) is 2.87. The standard InChI is InChI=1S/C20H24Br2N2O2/c1-2-9-26-20-18(21)12-15(13-19(20)22)14-23-16-3-5-17(6-4-16)24-7-10-25-11-8-24/h3-6,12-13,23H,2,7-11,14H2,1H3. The number of benzene rings is 2. The summed E-state index contributed by atoms with van der Waals surface area (Å²) in [6, 6.07) is 12.8. The minimum Gasteiger partial charge on any atom is -0.491 e. The smallest absolute Gasteiger partial charge is 0.147 e. The van der Waals surface area contributed by atoms with Crippen molar-refractivity contribution in [3.8, 4) is 5.75 Å². The molecule has 6 heteroatoms. The maximum absolute atomic E-state index is 5.78. The molecule has 1 aliphatic rings. The summed E-state index contributed by atoms with van der Waals surface area (Å²) in [6.45, 7) is 7.10. The number of halogens is 2. The molecule has 2 aromatic carbocycles. The summed E-state index contributed by atoms with van der Waals surface area (Å²) in [4.78, 5) is 2.36. The third-order valence-corrected chi connectivity index (χ3v) is 5.43. The van der Waals surface area contributed by atoms with Gasteiger partial charge in [-0.05, 0) is 80.2 Å². The van der Waals surface area contributed by atoms with Crippen LogP contribution in [0.4, 0.5) is 11.4 Å². The molecule has 0 aliphatic carbocycles. The third kappa shape index (κ3) is 5.15. The largest absolute Gasteiger partial charge is 0.491 e. The fourth-order valence-corrected chi connectivity index (χ4v) is 4.38. The minimum absolute atomic E-state index is 0.713. The van der Waals surface area contributed by atoms with E-state index in [4.69, 9.17) is 9.47 Å². The lowest BCUT2D eigenvalue weighted by Crippen LogP contribution is -2.36. The predicted octanol–water partition coefficient (Wildman–Crippen LogP) is 5.45. The molecule has 0 atom stereocenters. The average Bonchev–Trinajstić information content (AvgIpc) is 2.67. The van der Waals surface area contributed by atoms with Gasteiger partial charge in [0.25, 0.3) is 0 Å². The van der Waals surface area contributed by atoms with Crippen molar-refractivity contribution in [1.29, 1.82) is 0 Å². The molecule has 2 aromatic rings. The van der Waals surface area contributed by atoms with Gasteiger partial charge in [0.2, 0.25) is 0 Å². The number of morpholine rings is 1. The van der Waals surface area contributed by atoms with Gasteiger partial charge < -0.3 is 19.7 Å². The van der Waals surface area contributed by atoms with Gasteiger partial charge in [-0.25, -0.2) is 0 Å². The number of anilines is 2. The van der Waals surface area contributed by atoms with E-state index in [2.05, 4.69) is 85.4 Å². The first-order chi connectivity index (χ1) is 12.7. The zero-order valence-corrected chi connectivity index (χ0v) is 18.1. The Bertz CT molecular complexity index is 693. The Balaban J connectivity index is 1.60. The van der Waals surface area contributed by atoms with E-state index in [0.29, 0.717) is 6.61 Å². The van der Waals surface area contributed by atoms with Gasteiger partial charge in [-0.1, -0.05) is 6.92 Å². The number of ether oxygens (including phenoxy) is 2. The second-order valence-corrected chi connectivity index (χ2v) is 7.95. The molecule has 0 unspecified atom stereocenters. The molecule has 1 fully saturated rings. The molecule has 0 amide bonds. The topological polar surface area (TPSA) is 33.7 Å². The highest BCUT2D eigenvalue weighted by Crippen LogP contribution is 2.35. The lowest BCUT2D eigenvalue weighted by molar-refractivity contribution is 0.122. The average molecular weight is 484 g/mol. The Hall–Kier alpha value is -1.24. The summed E-state index contributed by atoms with van der Waals surface area (Å²) in [5.41, 5.74) is 3.55. The second-order valence-electron chi connectivity index (χ2n) is 6.24. The molecular weight excluding hydrogens is 460 g/mol. The Morgan fingerprint density at radius 2 is 1.73 bits per heavy atom. The van der Waals surface area contributed by atoms with Crippen molar-refractivity contribution < 1.29 is 9.47 Å². The molecule has 1 saturated heterocycles. The number of rotatable bonds is 7. The first-order valence-electron chi connectivity index (χ1n) is 8.94. The Morgan fingerprint density at radius 1 is 1.08 bits per heavy atom. The van der Waals surface area contributed by atoms with E-state index >= 15 is 0 Å². The Labute approximate surface area is 172 Å². The van der Waals surface area contributed by atoms with Crippen LogP contribution in [0.5, 0.6) is 5.75 Å². The van der Waals surface area contributed by atoms with Crippen LogP contribution in [0.1, 0.15) is 18.9 Å². The van der Waals surface area contributed by atoms with Gasteiger partial charge in [0.15, 0.2) is 0 Å². The molecule has 1 aliphatic heterocycles. The lowest BCUT2D eigenvalue weighted by Gasteiger charge is -2.29. The highest BCUT2D eigenvalue weighted by Gasteiger charge is 2.11. The van der Waals surface area contributed by atoms with Crippen molar-refractivity contribution in [1.82, 2.24) is 0 Å². The van der Waals surface area contributed by atoms with E-state index in [-0.39, 0.29) is 0 Å². The van der Waals surface area contributed by atoms with E-state index in [1.165, 1.54) is 11.3 Å². The summed E-state index contributed by atoms with van der Waals surface area (Å²) < 4.78 is 13.1. The molecule has 0 radical (unpaired) electrons. The van der Waals surface area contributed by atoms with E-state index < -0.39 is 0 Å². The first-order valence-corrected chi connectivity index (χ1v) is 10.5. The number of nitrogens with zero attached hydrogens (tertiary/aromatic N) is 1. The van der Waals surface area contributed by atoms with Crippen molar-refractivity contribution >= 4 is 43.2 Å². The number of nitrogens with one attached hydrogen (secondary N) is 1. The fraction of sp³-hybridized carbons (Fsp3) is 0.400. The molecular formula is C20H24Br2N2O2. The van der Waals surface area contributed by atoms with Crippen LogP contribution in [0.2, 0.25) is 0 Å². The van der Waals surface area contributed by atoms with Crippen LogP contribution >= 0.6 is 31.9 Å². The van der Waals surface area contributed by atoms with Crippen LogP contribution < -0.4 is 15.0 Å². The molecule has 0 spiro atoms. The van der Waals surface area contributed by atoms with E-state index in [1.54, 1.807) is 0 Å². The van der Waals surface area contributed by atoms with Crippen LogP contribution in [0.15, 0.2) is 45.3 Å². The molecule has 1 heterocycles. The monoisotopic (exact) mass is 482 g/mol. The van der Waals surface area contributed by atoms with E-state index in [1.807, 2.05) is 0 Å². The maximum atomic E-state index is 5.78. The summed E-state index contributed by atoms with van der Waals surface area (Å²) in [7, 11) is 0.